The van der Waals surface area contributed by atoms with Crippen LogP contribution in [0.1, 0.15) is 13.8 Å². The Bertz CT molecular complexity index is 114. The SMILES string of the molecule is C=C(N)SN=C(C)C. The van der Waals surface area contributed by atoms with E-state index in [1.165, 1.54) is 11.9 Å². The summed E-state index contributed by atoms with van der Waals surface area (Å²) in [4.78, 5) is 0. The predicted molar refractivity (Wildman–Crippen MR) is 39.7 cm³/mol. The molecular formula is C5H10N2S. The van der Waals surface area contributed by atoms with Gasteiger partial charge in [-0.05, 0) is 13.8 Å². The van der Waals surface area contributed by atoms with Crippen LogP contribution >= 0.6 is 11.9 Å². The summed E-state index contributed by atoms with van der Waals surface area (Å²) >= 11 is 1.21. The van der Waals surface area contributed by atoms with Gasteiger partial charge in [0.25, 0.3) is 0 Å². The molecule has 46 valence electrons. The van der Waals surface area contributed by atoms with Crippen LogP contribution in [0, 0.1) is 0 Å². The molecule has 0 spiro atoms. The smallest absolute Gasteiger partial charge is 0.0813 e. The molecule has 0 amide bonds. The first-order valence-electron chi connectivity index (χ1n) is 2.25. The Hall–Kier alpha value is -0.440. The largest absolute Gasteiger partial charge is 0.393 e. The second kappa shape index (κ2) is 3.55. The third kappa shape index (κ3) is 5.56. The van der Waals surface area contributed by atoms with Crippen LogP contribution in [0.15, 0.2) is 16.0 Å². The summed E-state index contributed by atoms with van der Waals surface area (Å²) < 4.78 is 3.93. The highest BCUT2D eigenvalue weighted by molar-refractivity contribution is 8.01. The third-order valence-corrected chi connectivity index (χ3v) is 1.04. The van der Waals surface area contributed by atoms with Crippen molar-refractivity contribution in [2.75, 3.05) is 0 Å². The van der Waals surface area contributed by atoms with Gasteiger partial charge in [-0.2, -0.15) is 0 Å². The molecule has 0 unspecified atom stereocenters. The summed E-state index contributed by atoms with van der Waals surface area (Å²) in [7, 11) is 0. The van der Waals surface area contributed by atoms with Gasteiger partial charge in [0.15, 0.2) is 0 Å². The standard InChI is InChI=1S/C5H10N2S/c1-4(2)7-8-5(3)6/h3,6H2,1-2H3. The molecule has 0 heterocycles. The molecule has 0 aliphatic rings. The van der Waals surface area contributed by atoms with Crippen molar-refractivity contribution >= 4 is 17.7 Å². The van der Waals surface area contributed by atoms with Gasteiger partial charge < -0.3 is 5.73 Å². The molecule has 0 bridgehead atoms. The van der Waals surface area contributed by atoms with E-state index < -0.39 is 0 Å². The Kier molecular flexibility index (Phi) is 3.35. The lowest BCUT2D eigenvalue weighted by Gasteiger charge is -1.89. The summed E-state index contributed by atoms with van der Waals surface area (Å²) in [6, 6.07) is 0. The van der Waals surface area contributed by atoms with Crippen LogP contribution in [0.2, 0.25) is 0 Å². The predicted octanol–water partition coefficient (Wildman–Crippen LogP) is 1.55. The minimum Gasteiger partial charge on any atom is -0.393 e. The number of rotatable bonds is 2. The number of nitrogens with two attached hydrogens (primary N) is 1. The van der Waals surface area contributed by atoms with E-state index in [0.29, 0.717) is 5.03 Å². The normalized spacial score (nSPS) is 8.25. The van der Waals surface area contributed by atoms with Gasteiger partial charge in [-0.15, -0.1) is 0 Å². The average molecular weight is 130 g/mol. The Morgan fingerprint density at radius 1 is 1.62 bits per heavy atom. The van der Waals surface area contributed by atoms with Crippen molar-refractivity contribution in [3.05, 3.63) is 11.6 Å². The first-order valence-corrected chi connectivity index (χ1v) is 3.03. The van der Waals surface area contributed by atoms with Crippen molar-refractivity contribution in [3.8, 4) is 0 Å². The Morgan fingerprint density at radius 2 is 2.12 bits per heavy atom. The fourth-order valence-electron chi connectivity index (χ4n) is 0.150. The van der Waals surface area contributed by atoms with Crippen LogP contribution < -0.4 is 5.73 Å². The van der Waals surface area contributed by atoms with E-state index in [1.807, 2.05) is 13.8 Å². The molecule has 0 aromatic carbocycles. The van der Waals surface area contributed by atoms with Gasteiger partial charge in [0.2, 0.25) is 0 Å². The molecule has 0 atom stereocenters. The number of hydrogen-bond donors (Lipinski definition) is 1. The summed E-state index contributed by atoms with van der Waals surface area (Å²) in [5, 5.41) is 0.534. The number of hydrogen-bond acceptors (Lipinski definition) is 3. The van der Waals surface area contributed by atoms with Gasteiger partial charge in [0.1, 0.15) is 0 Å². The van der Waals surface area contributed by atoms with E-state index in [1.54, 1.807) is 0 Å². The molecule has 0 aromatic heterocycles. The highest BCUT2D eigenvalue weighted by Crippen LogP contribution is 2.07. The Balaban J connectivity index is 3.45. The zero-order valence-corrected chi connectivity index (χ0v) is 5.96. The topological polar surface area (TPSA) is 38.4 Å². The van der Waals surface area contributed by atoms with Crippen molar-refractivity contribution in [2.24, 2.45) is 10.1 Å². The average Bonchev–Trinajstić information content (AvgIpc) is 1.61. The third-order valence-electron chi connectivity index (χ3n) is 0.345. The van der Waals surface area contributed by atoms with Crippen LogP contribution in [-0.4, -0.2) is 5.71 Å². The quantitative estimate of drug-likeness (QED) is 0.455. The van der Waals surface area contributed by atoms with E-state index in [-0.39, 0.29) is 0 Å². The maximum atomic E-state index is 5.20. The second-order valence-corrected chi connectivity index (χ2v) is 2.49. The molecule has 0 aliphatic heterocycles. The molecule has 3 heteroatoms. The van der Waals surface area contributed by atoms with E-state index in [0.717, 1.165) is 5.71 Å². The minimum atomic E-state index is 0.534. The summed E-state index contributed by atoms with van der Waals surface area (Å²) in [6.07, 6.45) is 0. The van der Waals surface area contributed by atoms with E-state index in [2.05, 4.69) is 11.0 Å². The van der Waals surface area contributed by atoms with E-state index >= 15 is 0 Å². The van der Waals surface area contributed by atoms with Gasteiger partial charge >= 0.3 is 0 Å². The maximum Gasteiger partial charge on any atom is 0.0813 e. The molecule has 0 saturated carbocycles. The van der Waals surface area contributed by atoms with Crippen LogP contribution in [0.3, 0.4) is 0 Å². The van der Waals surface area contributed by atoms with Crippen molar-refractivity contribution in [1.82, 2.24) is 0 Å². The zero-order valence-electron chi connectivity index (χ0n) is 5.14. The highest BCUT2D eigenvalue weighted by atomic mass is 32.2. The molecule has 2 nitrogen and oxygen atoms in total. The minimum absolute atomic E-state index is 0.534. The lowest BCUT2D eigenvalue weighted by molar-refractivity contribution is 1.57. The van der Waals surface area contributed by atoms with Gasteiger partial charge in [0, 0.05) is 17.7 Å². The van der Waals surface area contributed by atoms with Crippen LogP contribution in [0.25, 0.3) is 0 Å². The summed E-state index contributed by atoms with van der Waals surface area (Å²) in [5.74, 6) is 0. The summed E-state index contributed by atoms with van der Waals surface area (Å²) in [5.41, 5.74) is 6.20. The lowest BCUT2D eigenvalue weighted by Crippen LogP contribution is -1.87. The molecule has 0 saturated heterocycles. The van der Waals surface area contributed by atoms with Gasteiger partial charge in [-0.3, -0.25) is 0 Å². The molecule has 0 fully saturated rings. The van der Waals surface area contributed by atoms with E-state index in [9.17, 15) is 0 Å². The first-order chi connectivity index (χ1) is 3.63. The van der Waals surface area contributed by atoms with E-state index in [4.69, 9.17) is 5.73 Å². The lowest BCUT2D eigenvalue weighted by atomic mass is 10.5. The van der Waals surface area contributed by atoms with Crippen LogP contribution in [-0.2, 0) is 0 Å². The van der Waals surface area contributed by atoms with Crippen molar-refractivity contribution in [1.29, 1.82) is 0 Å². The molecule has 0 radical (unpaired) electrons. The van der Waals surface area contributed by atoms with Crippen molar-refractivity contribution in [2.45, 2.75) is 13.8 Å². The van der Waals surface area contributed by atoms with Gasteiger partial charge in [0.05, 0.1) is 5.03 Å². The summed E-state index contributed by atoms with van der Waals surface area (Å²) in [6.45, 7) is 7.29. The molecule has 0 aromatic rings. The Labute approximate surface area is 54.0 Å². The highest BCUT2D eigenvalue weighted by Gasteiger charge is 1.81. The van der Waals surface area contributed by atoms with Crippen molar-refractivity contribution in [3.63, 3.8) is 0 Å². The molecule has 2 N–H and O–H groups in total. The fraction of sp³-hybridized carbons (Fsp3) is 0.400. The first kappa shape index (κ1) is 7.56. The maximum absolute atomic E-state index is 5.20. The van der Waals surface area contributed by atoms with Crippen LogP contribution in [0.4, 0.5) is 0 Å². The Morgan fingerprint density at radius 3 is 2.25 bits per heavy atom. The van der Waals surface area contributed by atoms with Gasteiger partial charge in [-0.25, -0.2) is 4.40 Å². The monoisotopic (exact) mass is 130 g/mol. The second-order valence-electron chi connectivity index (χ2n) is 1.60. The molecule has 8 heavy (non-hydrogen) atoms. The molecular weight excluding hydrogens is 120 g/mol. The van der Waals surface area contributed by atoms with Crippen molar-refractivity contribution < 1.29 is 0 Å². The number of nitrogens with zero attached hydrogens (tertiary/aromatic N) is 1. The molecule has 0 aliphatic carbocycles. The zero-order chi connectivity index (χ0) is 6.57. The molecule has 0 rings (SSSR count). The fourth-order valence-corrected chi connectivity index (χ4v) is 0.450. The van der Waals surface area contributed by atoms with Crippen LogP contribution in [0.5, 0.6) is 0 Å². The van der Waals surface area contributed by atoms with Gasteiger partial charge in [-0.1, -0.05) is 6.58 Å².